The zero-order valence-corrected chi connectivity index (χ0v) is 22.3. The quantitative estimate of drug-likeness (QED) is 0.363. The number of anilines is 1. The molecule has 3 aromatic rings. The van der Waals surface area contributed by atoms with E-state index in [0.29, 0.717) is 30.0 Å². The van der Waals surface area contributed by atoms with Gasteiger partial charge in [0.15, 0.2) is 10.7 Å². The average Bonchev–Trinajstić information content (AvgIpc) is 3.13. The molecule has 1 aliphatic heterocycles. The first kappa shape index (κ1) is 27.1. The summed E-state index contributed by atoms with van der Waals surface area (Å²) in [6, 6.07) is 20.2. The van der Waals surface area contributed by atoms with Crippen LogP contribution in [0.25, 0.3) is 0 Å². The van der Waals surface area contributed by atoms with Gasteiger partial charge in [0.25, 0.3) is 5.91 Å². The van der Waals surface area contributed by atoms with Crippen molar-refractivity contribution in [3.8, 4) is 11.5 Å². The van der Waals surface area contributed by atoms with Gasteiger partial charge in [-0.05, 0) is 92.1 Å². The van der Waals surface area contributed by atoms with Crippen LogP contribution in [0, 0.1) is 5.82 Å². The molecule has 0 saturated carbocycles. The Morgan fingerprint density at radius 1 is 1.03 bits per heavy atom. The lowest BCUT2D eigenvalue weighted by molar-refractivity contribution is -0.131. The maximum absolute atomic E-state index is 13.8. The number of rotatable bonds is 10. The van der Waals surface area contributed by atoms with Gasteiger partial charge in [-0.15, -0.1) is 0 Å². The highest BCUT2D eigenvalue weighted by atomic mass is 32.1. The lowest BCUT2D eigenvalue weighted by Crippen LogP contribution is -2.50. The molecule has 1 saturated heterocycles. The summed E-state index contributed by atoms with van der Waals surface area (Å²) >= 11 is 5.53. The Bertz CT molecular complexity index is 1300. The van der Waals surface area contributed by atoms with Gasteiger partial charge in [-0.25, -0.2) is 4.39 Å². The fourth-order valence-electron chi connectivity index (χ4n) is 4.51. The largest absolute Gasteiger partial charge is 0.497 e. The third-order valence-corrected chi connectivity index (χ3v) is 6.66. The lowest BCUT2D eigenvalue weighted by atomic mass is 9.84. The number of thiocarbonyl (C=S) groups is 1. The van der Waals surface area contributed by atoms with Gasteiger partial charge >= 0.3 is 0 Å². The van der Waals surface area contributed by atoms with Crippen molar-refractivity contribution in [3.05, 3.63) is 89.7 Å². The van der Waals surface area contributed by atoms with Crippen molar-refractivity contribution in [3.63, 3.8) is 0 Å². The number of carbonyl (C=O) groups is 2. The molecule has 38 heavy (non-hydrogen) atoms. The average molecular weight is 536 g/mol. The van der Waals surface area contributed by atoms with Gasteiger partial charge in [-0.2, -0.15) is 0 Å². The van der Waals surface area contributed by atoms with E-state index in [2.05, 4.69) is 10.6 Å². The second kappa shape index (κ2) is 11.6. The number of hydrogen-bond acceptors (Lipinski definition) is 5. The van der Waals surface area contributed by atoms with Gasteiger partial charge in [0.1, 0.15) is 17.3 Å². The third-order valence-electron chi connectivity index (χ3n) is 6.33. The van der Waals surface area contributed by atoms with E-state index in [1.807, 2.05) is 38.1 Å². The predicted octanol–water partition coefficient (Wildman–Crippen LogP) is 4.81. The van der Waals surface area contributed by atoms with Crippen molar-refractivity contribution in [2.45, 2.75) is 38.3 Å². The van der Waals surface area contributed by atoms with E-state index in [0.717, 1.165) is 11.3 Å². The van der Waals surface area contributed by atoms with Gasteiger partial charge in [-0.3, -0.25) is 9.59 Å². The molecular weight excluding hydrogens is 505 g/mol. The molecule has 2 amide bonds. The molecule has 9 heteroatoms. The molecule has 0 aliphatic carbocycles. The molecule has 1 aliphatic rings. The molecule has 3 aromatic carbocycles. The van der Waals surface area contributed by atoms with E-state index in [-0.39, 0.29) is 23.5 Å². The zero-order valence-electron chi connectivity index (χ0n) is 21.5. The smallest absolute Gasteiger partial charge is 0.257 e. The van der Waals surface area contributed by atoms with E-state index in [9.17, 15) is 14.0 Å². The van der Waals surface area contributed by atoms with Gasteiger partial charge in [-0.1, -0.05) is 24.3 Å². The highest BCUT2D eigenvalue weighted by Gasteiger charge is 2.53. The number of ether oxygens (including phenoxy) is 2. The normalized spacial score (nSPS) is 16.9. The van der Waals surface area contributed by atoms with Gasteiger partial charge in [0.05, 0.1) is 19.6 Å². The molecule has 0 aromatic heterocycles. The first-order valence-corrected chi connectivity index (χ1v) is 12.7. The summed E-state index contributed by atoms with van der Waals surface area (Å²) in [4.78, 5) is 28.5. The van der Waals surface area contributed by atoms with Crippen molar-refractivity contribution in [1.82, 2.24) is 10.2 Å². The molecule has 4 rings (SSSR count). The molecular formula is C29H30FN3O4S. The summed E-state index contributed by atoms with van der Waals surface area (Å²) in [6.07, 6.45) is 0.359. The number of nitrogens with one attached hydrogen (secondary N) is 2. The maximum atomic E-state index is 13.8. The second-order valence-corrected chi connectivity index (χ2v) is 9.68. The number of benzene rings is 3. The summed E-state index contributed by atoms with van der Waals surface area (Å²) in [7, 11) is 1.60. The Morgan fingerprint density at radius 3 is 2.26 bits per heavy atom. The molecule has 198 valence electrons. The van der Waals surface area contributed by atoms with Crippen molar-refractivity contribution in [2.75, 3.05) is 19.0 Å². The standard InChI is InChI=1S/C29H30FN3O4S/c1-19(2)37-25-14-10-23(11-15-25)31-26(34)18-29(21-6-8-22(30)9-7-21)27(35)32-28(38)33(29)17-16-20-4-12-24(36-3)13-5-20/h4-15,19H,16-18H2,1-3H3,(H,31,34)(H,32,35,38). The predicted molar refractivity (Wildman–Crippen MR) is 148 cm³/mol. The molecule has 1 atom stereocenters. The van der Waals surface area contributed by atoms with Crippen molar-refractivity contribution in [1.29, 1.82) is 0 Å². The number of halogens is 1. The molecule has 1 heterocycles. The molecule has 0 bridgehead atoms. The van der Waals surface area contributed by atoms with Crippen LogP contribution in [0.2, 0.25) is 0 Å². The highest BCUT2D eigenvalue weighted by molar-refractivity contribution is 7.80. The van der Waals surface area contributed by atoms with Gasteiger partial charge < -0.3 is 25.0 Å². The van der Waals surface area contributed by atoms with E-state index in [1.54, 1.807) is 36.3 Å². The highest BCUT2D eigenvalue weighted by Crippen LogP contribution is 2.37. The second-order valence-electron chi connectivity index (χ2n) is 9.29. The molecule has 0 radical (unpaired) electrons. The minimum Gasteiger partial charge on any atom is -0.497 e. The Morgan fingerprint density at radius 2 is 1.66 bits per heavy atom. The van der Waals surface area contributed by atoms with Crippen molar-refractivity contribution in [2.24, 2.45) is 0 Å². The van der Waals surface area contributed by atoms with Crippen LogP contribution in [0.4, 0.5) is 10.1 Å². The topological polar surface area (TPSA) is 79.9 Å². The van der Waals surface area contributed by atoms with Crippen molar-refractivity contribution < 1.29 is 23.5 Å². The zero-order chi connectivity index (χ0) is 27.3. The van der Waals surface area contributed by atoms with E-state index >= 15 is 0 Å². The fourth-order valence-corrected chi connectivity index (χ4v) is 4.85. The first-order chi connectivity index (χ1) is 18.2. The van der Waals surface area contributed by atoms with Crippen LogP contribution in [0.1, 0.15) is 31.4 Å². The minimum atomic E-state index is -1.44. The monoisotopic (exact) mass is 535 g/mol. The molecule has 2 N–H and O–H groups in total. The van der Waals surface area contributed by atoms with Gasteiger partial charge in [0, 0.05) is 12.2 Å². The van der Waals surface area contributed by atoms with Gasteiger partial charge in [0.2, 0.25) is 5.91 Å². The summed E-state index contributed by atoms with van der Waals surface area (Å²) in [5.41, 5.74) is 0.601. The molecule has 7 nitrogen and oxygen atoms in total. The summed E-state index contributed by atoms with van der Waals surface area (Å²) in [5, 5.41) is 5.81. The third kappa shape index (κ3) is 5.94. The Balaban J connectivity index is 1.60. The van der Waals surface area contributed by atoms with Crippen LogP contribution in [-0.4, -0.2) is 41.6 Å². The van der Waals surface area contributed by atoms with Crippen molar-refractivity contribution >= 4 is 34.8 Å². The first-order valence-electron chi connectivity index (χ1n) is 12.3. The number of hydrogen-bond donors (Lipinski definition) is 2. The maximum Gasteiger partial charge on any atom is 0.257 e. The molecule has 1 fully saturated rings. The Labute approximate surface area is 226 Å². The van der Waals surface area contributed by atoms with Crippen LogP contribution in [0.3, 0.4) is 0 Å². The summed E-state index contributed by atoms with van der Waals surface area (Å²) in [5.74, 6) is 0.165. The van der Waals surface area contributed by atoms with E-state index in [1.165, 1.54) is 24.3 Å². The lowest BCUT2D eigenvalue weighted by Gasteiger charge is -2.36. The minimum absolute atomic E-state index is 0.0274. The number of carbonyl (C=O) groups excluding carboxylic acids is 2. The van der Waals surface area contributed by atoms with Crippen LogP contribution >= 0.6 is 12.2 Å². The fraction of sp³-hybridized carbons (Fsp3) is 0.276. The van der Waals surface area contributed by atoms with Crippen LogP contribution in [0.15, 0.2) is 72.8 Å². The summed E-state index contributed by atoms with van der Waals surface area (Å²) in [6.45, 7) is 4.22. The summed E-state index contributed by atoms with van der Waals surface area (Å²) < 4.78 is 24.7. The Hall–Kier alpha value is -3.98. The SMILES string of the molecule is COc1ccc(CCN2C(=S)NC(=O)C2(CC(=O)Nc2ccc(OC(C)C)cc2)c2ccc(F)cc2)cc1. The number of nitrogens with zero attached hydrogens (tertiary/aromatic N) is 1. The van der Waals surface area contributed by atoms with E-state index < -0.39 is 17.3 Å². The number of amides is 2. The molecule has 1 unspecified atom stereocenters. The molecule has 0 spiro atoms. The Kier molecular flexibility index (Phi) is 8.26. The van der Waals surface area contributed by atoms with E-state index in [4.69, 9.17) is 21.7 Å². The van der Waals surface area contributed by atoms with Crippen LogP contribution in [-0.2, 0) is 21.5 Å². The van der Waals surface area contributed by atoms with Crippen LogP contribution < -0.4 is 20.1 Å². The number of methoxy groups -OCH3 is 1. The van der Waals surface area contributed by atoms with Crippen LogP contribution in [0.5, 0.6) is 11.5 Å².